The maximum Gasteiger partial charge on any atom is 0.319 e. The summed E-state index contributed by atoms with van der Waals surface area (Å²) in [5, 5.41) is 0. The SMILES string of the molecule is CN(C)C(=O)N1C[C@@H]2CC[C@H](C1)N(C(=O)c1nc3ccccc3[nH]c1=O)C2. The van der Waals surface area contributed by atoms with E-state index in [2.05, 4.69) is 9.97 Å². The number of hydrogen-bond donors (Lipinski definition) is 1. The van der Waals surface area contributed by atoms with Gasteiger partial charge >= 0.3 is 6.03 Å². The summed E-state index contributed by atoms with van der Waals surface area (Å²) >= 11 is 0. The molecule has 3 amide bonds. The molecular weight excluding hydrogens is 346 g/mol. The molecule has 1 aromatic carbocycles. The number of carbonyl (C=O) groups excluding carboxylic acids is 2. The van der Waals surface area contributed by atoms with Crippen molar-refractivity contribution in [1.29, 1.82) is 0 Å². The number of urea groups is 1. The van der Waals surface area contributed by atoms with Crippen LogP contribution in [0.2, 0.25) is 0 Å². The Morgan fingerprint density at radius 3 is 2.70 bits per heavy atom. The lowest BCUT2D eigenvalue weighted by atomic mass is 9.94. The zero-order valence-corrected chi connectivity index (χ0v) is 15.5. The highest BCUT2D eigenvalue weighted by molar-refractivity contribution is 5.94. The number of para-hydroxylation sites is 2. The fraction of sp³-hybridized carbons (Fsp3) is 0.474. The van der Waals surface area contributed by atoms with Crippen LogP contribution >= 0.6 is 0 Å². The fourth-order valence-corrected chi connectivity index (χ4v) is 4.08. The van der Waals surface area contributed by atoms with Crippen molar-refractivity contribution in [3.8, 4) is 0 Å². The standard InChI is InChI=1S/C19H23N5O3/c1-22(2)19(27)23-9-12-7-8-13(11-23)24(10-12)18(26)16-17(25)21-15-6-4-3-5-14(15)20-16/h3-6,12-13H,7-11H2,1-2H3,(H,21,25)/t12-,13+/m0/s1. The number of H-pyrrole nitrogens is 1. The van der Waals surface area contributed by atoms with Crippen molar-refractivity contribution in [3.05, 3.63) is 40.3 Å². The summed E-state index contributed by atoms with van der Waals surface area (Å²) in [5.74, 6) is -0.132. The predicted molar refractivity (Wildman–Crippen MR) is 101 cm³/mol. The van der Waals surface area contributed by atoms with Gasteiger partial charge in [0.1, 0.15) is 0 Å². The Labute approximate surface area is 156 Å². The molecule has 8 heteroatoms. The molecule has 1 N–H and O–H groups in total. The zero-order valence-electron chi connectivity index (χ0n) is 15.5. The minimum Gasteiger partial charge on any atom is -0.332 e. The normalized spacial score (nSPS) is 22.0. The van der Waals surface area contributed by atoms with Gasteiger partial charge in [0, 0.05) is 39.8 Å². The molecule has 0 aliphatic carbocycles. The second-order valence-corrected chi connectivity index (χ2v) is 7.57. The zero-order chi connectivity index (χ0) is 19.1. The number of nitrogens with one attached hydrogen (secondary N) is 1. The van der Waals surface area contributed by atoms with Crippen LogP contribution in [0.1, 0.15) is 23.3 Å². The van der Waals surface area contributed by atoms with Gasteiger partial charge in [0.25, 0.3) is 11.5 Å². The van der Waals surface area contributed by atoms with Crippen molar-refractivity contribution in [1.82, 2.24) is 24.7 Å². The Morgan fingerprint density at radius 1 is 1.15 bits per heavy atom. The first kappa shape index (κ1) is 17.5. The second-order valence-electron chi connectivity index (χ2n) is 7.57. The van der Waals surface area contributed by atoms with Crippen molar-refractivity contribution in [3.63, 3.8) is 0 Å². The summed E-state index contributed by atoms with van der Waals surface area (Å²) in [4.78, 5) is 50.2. The third kappa shape index (κ3) is 3.15. The molecule has 0 spiro atoms. The van der Waals surface area contributed by atoms with E-state index in [9.17, 15) is 14.4 Å². The maximum absolute atomic E-state index is 13.1. The smallest absolute Gasteiger partial charge is 0.319 e. The molecule has 3 saturated heterocycles. The number of piperidine rings is 1. The molecule has 0 radical (unpaired) electrons. The lowest BCUT2D eigenvalue weighted by Crippen LogP contribution is -2.49. The molecule has 2 aromatic rings. The summed E-state index contributed by atoms with van der Waals surface area (Å²) in [7, 11) is 3.47. The number of aromatic amines is 1. The number of amides is 3. The first-order valence-electron chi connectivity index (χ1n) is 9.20. The number of benzene rings is 1. The number of rotatable bonds is 1. The summed E-state index contributed by atoms with van der Waals surface area (Å²) in [6, 6.07) is 7.03. The highest BCUT2D eigenvalue weighted by Crippen LogP contribution is 2.29. The van der Waals surface area contributed by atoms with Crippen LogP contribution in [0.15, 0.2) is 29.1 Å². The Morgan fingerprint density at radius 2 is 1.93 bits per heavy atom. The molecule has 8 nitrogen and oxygen atoms in total. The molecule has 3 fully saturated rings. The van der Waals surface area contributed by atoms with E-state index in [0.717, 1.165) is 12.8 Å². The van der Waals surface area contributed by atoms with Gasteiger partial charge in [-0.1, -0.05) is 12.1 Å². The molecule has 142 valence electrons. The number of carbonyl (C=O) groups is 2. The first-order valence-corrected chi connectivity index (χ1v) is 9.20. The van der Waals surface area contributed by atoms with Crippen molar-refractivity contribution in [2.24, 2.45) is 5.92 Å². The van der Waals surface area contributed by atoms with E-state index in [1.54, 1.807) is 36.0 Å². The summed E-state index contributed by atoms with van der Waals surface area (Å²) < 4.78 is 0. The molecule has 0 unspecified atom stereocenters. The average molecular weight is 369 g/mol. The Balaban J connectivity index is 1.64. The van der Waals surface area contributed by atoms with Gasteiger partial charge in [-0.3, -0.25) is 9.59 Å². The van der Waals surface area contributed by atoms with Gasteiger partial charge in [-0.05, 0) is 30.9 Å². The van der Waals surface area contributed by atoms with E-state index < -0.39 is 5.56 Å². The number of hydrogen-bond acceptors (Lipinski definition) is 4. The van der Waals surface area contributed by atoms with Gasteiger partial charge in [-0.2, -0.15) is 0 Å². The van der Waals surface area contributed by atoms with Crippen LogP contribution in [0.25, 0.3) is 11.0 Å². The molecule has 0 saturated carbocycles. The van der Waals surface area contributed by atoms with Gasteiger partial charge in [-0.15, -0.1) is 0 Å². The largest absolute Gasteiger partial charge is 0.332 e. The summed E-state index contributed by atoms with van der Waals surface area (Å²) in [6.45, 7) is 1.68. The highest BCUT2D eigenvalue weighted by Gasteiger charge is 2.40. The monoisotopic (exact) mass is 369 g/mol. The van der Waals surface area contributed by atoms with E-state index in [1.807, 2.05) is 17.0 Å². The molecule has 5 rings (SSSR count). The van der Waals surface area contributed by atoms with Crippen LogP contribution < -0.4 is 5.56 Å². The minimum absolute atomic E-state index is 0.0390. The van der Waals surface area contributed by atoms with Crippen LogP contribution in [-0.2, 0) is 0 Å². The number of fused-ring (bicyclic) bond motifs is 5. The Kier molecular flexibility index (Phi) is 4.33. The third-order valence-corrected chi connectivity index (χ3v) is 5.43. The second kappa shape index (κ2) is 6.68. The topological polar surface area (TPSA) is 89.6 Å². The van der Waals surface area contributed by atoms with Crippen LogP contribution in [0.4, 0.5) is 4.79 Å². The van der Waals surface area contributed by atoms with E-state index in [1.165, 1.54) is 0 Å². The molecular formula is C19H23N5O3. The quantitative estimate of drug-likeness (QED) is 0.816. The van der Waals surface area contributed by atoms with E-state index >= 15 is 0 Å². The van der Waals surface area contributed by atoms with Crippen molar-refractivity contribution < 1.29 is 9.59 Å². The molecule has 3 aliphatic rings. The number of aromatic nitrogens is 2. The Bertz CT molecular complexity index is 954. The highest BCUT2D eigenvalue weighted by atomic mass is 16.2. The van der Waals surface area contributed by atoms with Gasteiger partial charge < -0.3 is 19.7 Å². The van der Waals surface area contributed by atoms with Crippen LogP contribution in [0.3, 0.4) is 0 Å². The molecule has 2 atom stereocenters. The van der Waals surface area contributed by atoms with Crippen molar-refractivity contribution in [2.45, 2.75) is 18.9 Å². The molecule has 4 heterocycles. The molecule has 2 bridgehead atoms. The van der Waals surface area contributed by atoms with Crippen LogP contribution in [0, 0.1) is 5.92 Å². The maximum atomic E-state index is 13.1. The summed E-state index contributed by atoms with van der Waals surface area (Å²) in [6.07, 6.45) is 1.81. The van der Waals surface area contributed by atoms with Crippen LogP contribution in [0.5, 0.6) is 0 Å². The van der Waals surface area contributed by atoms with Gasteiger partial charge in [0.15, 0.2) is 5.69 Å². The van der Waals surface area contributed by atoms with E-state index in [4.69, 9.17) is 0 Å². The molecule has 3 aliphatic heterocycles. The van der Waals surface area contributed by atoms with Crippen LogP contribution in [-0.4, -0.2) is 76.4 Å². The van der Waals surface area contributed by atoms with E-state index in [-0.39, 0.29) is 29.6 Å². The summed E-state index contributed by atoms with van der Waals surface area (Å²) in [5.41, 5.74) is 0.649. The molecule has 1 aromatic heterocycles. The lowest BCUT2D eigenvalue weighted by molar-refractivity contribution is 0.0578. The molecule has 27 heavy (non-hydrogen) atoms. The van der Waals surface area contributed by atoms with Gasteiger partial charge in [0.2, 0.25) is 0 Å². The Hall–Kier alpha value is -2.90. The predicted octanol–water partition coefficient (Wildman–Crippen LogP) is 1.14. The first-order chi connectivity index (χ1) is 12.9. The van der Waals surface area contributed by atoms with Crippen molar-refractivity contribution >= 4 is 23.0 Å². The average Bonchev–Trinajstić information content (AvgIpc) is 2.98. The van der Waals surface area contributed by atoms with Gasteiger partial charge in [0.05, 0.1) is 11.0 Å². The number of nitrogens with zero attached hydrogens (tertiary/aromatic N) is 4. The van der Waals surface area contributed by atoms with Gasteiger partial charge in [-0.25, -0.2) is 9.78 Å². The fourth-order valence-electron chi connectivity index (χ4n) is 4.08. The van der Waals surface area contributed by atoms with E-state index in [0.29, 0.717) is 30.7 Å². The van der Waals surface area contributed by atoms with Crippen molar-refractivity contribution in [2.75, 3.05) is 33.7 Å². The third-order valence-electron chi connectivity index (χ3n) is 5.43. The lowest BCUT2D eigenvalue weighted by Gasteiger charge is -2.35. The minimum atomic E-state index is -0.472.